The number of hydrogen-bond donors (Lipinski definition) is 1. The minimum atomic E-state index is -0.634. The second-order valence-corrected chi connectivity index (χ2v) is 2.99. The first-order valence-electron chi connectivity index (χ1n) is 3.62. The molecule has 1 heterocycles. The number of hydrogen-bond acceptors (Lipinski definition) is 2. The number of benzene rings is 1. The van der Waals surface area contributed by atoms with E-state index in [2.05, 4.69) is 4.98 Å². The Balaban J connectivity index is 2.97. The summed E-state index contributed by atoms with van der Waals surface area (Å²) in [5, 5.41) is 9.38. The van der Waals surface area contributed by atoms with Gasteiger partial charge in [0.2, 0.25) is 0 Å². The van der Waals surface area contributed by atoms with Crippen LogP contribution in [0.25, 0.3) is 10.9 Å². The normalized spacial score (nSPS) is 10.6. The van der Waals surface area contributed by atoms with Gasteiger partial charge in [0, 0.05) is 6.20 Å². The number of fused-ring (bicyclic) bond motifs is 1. The summed E-state index contributed by atoms with van der Waals surface area (Å²) in [6, 6.07) is 4.29. The SMILES string of the molecule is Oc1ccnc2ccc(Cl)c(F)c12. The smallest absolute Gasteiger partial charge is 0.154 e. The van der Waals surface area contributed by atoms with Crippen LogP contribution in [0.1, 0.15) is 0 Å². The fraction of sp³-hybridized carbons (Fsp3) is 0. The zero-order chi connectivity index (χ0) is 9.42. The van der Waals surface area contributed by atoms with Crippen LogP contribution in [0.3, 0.4) is 0 Å². The Morgan fingerprint density at radius 3 is 2.85 bits per heavy atom. The van der Waals surface area contributed by atoms with Gasteiger partial charge in [0.05, 0.1) is 15.9 Å². The van der Waals surface area contributed by atoms with Crippen LogP contribution in [0.4, 0.5) is 4.39 Å². The molecule has 0 aliphatic heterocycles. The highest BCUT2D eigenvalue weighted by Crippen LogP contribution is 2.29. The van der Waals surface area contributed by atoms with Gasteiger partial charge in [-0.3, -0.25) is 4.98 Å². The van der Waals surface area contributed by atoms with Crippen LogP contribution in [-0.4, -0.2) is 10.1 Å². The number of nitrogens with zero attached hydrogens (tertiary/aromatic N) is 1. The lowest BCUT2D eigenvalue weighted by molar-refractivity contribution is 0.478. The summed E-state index contributed by atoms with van der Waals surface area (Å²) >= 11 is 5.55. The van der Waals surface area contributed by atoms with E-state index in [1.807, 2.05) is 0 Å². The Morgan fingerprint density at radius 1 is 1.31 bits per heavy atom. The van der Waals surface area contributed by atoms with Crippen molar-refractivity contribution in [2.24, 2.45) is 0 Å². The van der Waals surface area contributed by atoms with Crippen LogP contribution in [-0.2, 0) is 0 Å². The molecule has 0 amide bonds. The van der Waals surface area contributed by atoms with Crippen LogP contribution < -0.4 is 0 Å². The van der Waals surface area contributed by atoms with E-state index in [0.717, 1.165) is 0 Å². The van der Waals surface area contributed by atoms with Gasteiger partial charge in [-0.2, -0.15) is 0 Å². The summed E-state index contributed by atoms with van der Waals surface area (Å²) in [6.07, 6.45) is 1.41. The highest BCUT2D eigenvalue weighted by molar-refractivity contribution is 6.31. The molecule has 0 aliphatic carbocycles. The van der Waals surface area contributed by atoms with E-state index in [-0.39, 0.29) is 16.2 Å². The van der Waals surface area contributed by atoms with Crippen molar-refractivity contribution in [3.8, 4) is 5.75 Å². The van der Waals surface area contributed by atoms with E-state index in [4.69, 9.17) is 11.6 Å². The van der Waals surface area contributed by atoms with Crippen molar-refractivity contribution in [2.45, 2.75) is 0 Å². The van der Waals surface area contributed by atoms with Gasteiger partial charge < -0.3 is 5.11 Å². The molecule has 0 saturated carbocycles. The third kappa shape index (κ3) is 1.21. The van der Waals surface area contributed by atoms with Gasteiger partial charge in [0.25, 0.3) is 0 Å². The number of halogens is 2. The topological polar surface area (TPSA) is 33.1 Å². The molecule has 13 heavy (non-hydrogen) atoms. The molecule has 1 aromatic heterocycles. The largest absolute Gasteiger partial charge is 0.507 e. The Hall–Kier alpha value is -1.35. The van der Waals surface area contributed by atoms with Crippen molar-refractivity contribution in [3.05, 3.63) is 35.2 Å². The second kappa shape index (κ2) is 2.85. The first-order valence-corrected chi connectivity index (χ1v) is 3.99. The van der Waals surface area contributed by atoms with E-state index >= 15 is 0 Å². The van der Waals surface area contributed by atoms with Crippen molar-refractivity contribution in [3.63, 3.8) is 0 Å². The van der Waals surface area contributed by atoms with Gasteiger partial charge in [-0.25, -0.2) is 4.39 Å². The first-order chi connectivity index (χ1) is 6.20. The third-order valence-electron chi connectivity index (χ3n) is 1.78. The van der Waals surface area contributed by atoms with E-state index in [0.29, 0.717) is 5.52 Å². The maximum atomic E-state index is 13.3. The number of aromatic nitrogens is 1. The highest BCUT2D eigenvalue weighted by Gasteiger charge is 2.09. The summed E-state index contributed by atoms with van der Waals surface area (Å²) in [6.45, 7) is 0. The fourth-order valence-corrected chi connectivity index (χ4v) is 1.32. The number of pyridine rings is 1. The average molecular weight is 198 g/mol. The van der Waals surface area contributed by atoms with Crippen molar-refractivity contribution < 1.29 is 9.50 Å². The van der Waals surface area contributed by atoms with Crippen molar-refractivity contribution in [2.75, 3.05) is 0 Å². The molecular weight excluding hydrogens is 193 g/mol. The van der Waals surface area contributed by atoms with Crippen molar-refractivity contribution in [1.29, 1.82) is 0 Å². The van der Waals surface area contributed by atoms with Crippen LogP contribution in [0, 0.1) is 5.82 Å². The maximum absolute atomic E-state index is 13.3. The predicted molar refractivity (Wildman–Crippen MR) is 48.4 cm³/mol. The van der Waals surface area contributed by atoms with Gasteiger partial charge in [0.15, 0.2) is 5.82 Å². The summed E-state index contributed by atoms with van der Waals surface area (Å²) in [5.41, 5.74) is 0.391. The molecule has 1 N–H and O–H groups in total. The minimum Gasteiger partial charge on any atom is -0.507 e. The molecule has 2 nitrogen and oxygen atoms in total. The van der Waals surface area contributed by atoms with Crippen LogP contribution in [0.5, 0.6) is 5.75 Å². The summed E-state index contributed by atoms with van der Waals surface area (Å²) in [7, 11) is 0. The number of rotatable bonds is 0. The number of aromatic hydroxyl groups is 1. The molecule has 0 atom stereocenters. The van der Waals surface area contributed by atoms with Gasteiger partial charge in [-0.1, -0.05) is 11.6 Å². The molecule has 2 rings (SSSR count). The van der Waals surface area contributed by atoms with Crippen LogP contribution in [0.2, 0.25) is 5.02 Å². The lowest BCUT2D eigenvalue weighted by Gasteiger charge is -2.01. The molecular formula is C9H5ClFNO. The van der Waals surface area contributed by atoms with Crippen LogP contribution in [0.15, 0.2) is 24.4 Å². The Morgan fingerprint density at radius 2 is 2.08 bits per heavy atom. The molecule has 0 saturated heterocycles. The predicted octanol–water partition coefficient (Wildman–Crippen LogP) is 2.73. The zero-order valence-electron chi connectivity index (χ0n) is 6.46. The molecule has 66 valence electrons. The Kier molecular flexibility index (Phi) is 1.81. The molecule has 1 aromatic carbocycles. The molecule has 0 radical (unpaired) electrons. The van der Waals surface area contributed by atoms with Gasteiger partial charge >= 0.3 is 0 Å². The minimum absolute atomic E-state index is 0.0178. The van der Waals surface area contributed by atoms with Crippen molar-refractivity contribution in [1.82, 2.24) is 4.98 Å². The molecule has 0 aliphatic rings. The lowest BCUT2D eigenvalue weighted by atomic mass is 10.2. The fourth-order valence-electron chi connectivity index (χ4n) is 1.16. The van der Waals surface area contributed by atoms with E-state index in [9.17, 15) is 9.50 Å². The maximum Gasteiger partial charge on any atom is 0.154 e. The first kappa shape index (κ1) is 8.26. The molecule has 0 spiro atoms. The monoisotopic (exact) mass is 197 g/mol. The summed E-state index contributed by atoms with van der Waals surface area (Å²) < 4.78 is 13.3. The van der Waals surface area contributed by atoms with E-state index in [1.165, 1.54) is 18.3 Å². The average Bonchev–Trinajstić information content (AvgIpc) is 2.12. The lowest BCUT2D eigenvalue weighted by Crippen LogP contribution is -1.84. The van der Waals surface area contributed by atoms with Gasteiger partial charge in [-0.05, 0) is 18.2 Å². The molecule has 0 fully saturated rings. The van der Waals surface area contributed by atoms with E-state index < -0.39 is 5.82 Å². The third-order valence-corrected chi connectivity index (χ3v) is 2.07. The molecule has 0 unspecified atom stereocenters. The van der Waals surface area contributed by atoms with Gasteiger partial charge in [0.1, 0.15) is 5.75 Å². The standard InChI is InChI=1S/C9H5ClFNO/c10-5-1-2-6-8(9(5)11)7(13)3-4-12-6/h1-4H,(H,12,13). The zero-order valence-corrected chi connectivity index (χ0v) is 7.22. The van der Waals surface area contributed by atoms with Crippen LogP contribution >= 0.6 is 11.6 Å². The molecule has 0 bridgehead atoms. The molecule has 4 heteroatoms. The van der Waals surface area contributed by atoms with Crippen molar-refractivity contribution >= 4 is 22.5 Å². The van der Waals surface area contributed by atoms with Gasteiger partial charge in [-0.15, -0.1) is 0 Å². The van der Waals surface area contributed by atoms with E-state index in [1.54, 1.807) is 6.07 Å². The summed E-state index contributed by atoms with van der Waals surface area (Å²) in [5.74, 6) is -0.783. The highest BCUT2D eigenvalue weighted by atomic mass is 35.5. The second-order valence-electron chi connectivity index (χ2n) is 2.59. The Labute approximate surface area is 78.6 Å². The summed E-state index contributed by atoms with van der Waals surface area (Å²) in [4.78, 5) is 3.89. The Bertz CT molecular complexity index is 472. The molecule has 2 aromatic rings. The quantitative estimate of drug-likeness (QED) is 0.705.